The van der Waals surface area contributed by atoms with E-state index in [2.05, 4.69) is 15.2 Å². The van der Waals surface area contributed by atoms with Crippen molar-refractivity contribution in [3.05, 3.63) is 63.3 Å². The van der Waals surface area contributed by atoms with Crippen LogP contribution in [0.2, 0.25) is 0 Å². The second kappa shape index (κ2) is 11.9. The molecule has 14 heteroatoms. The summed E-state index contributed by atoms with van der Waals surface area (Å²) in [7, 11) is 1.97. The number of anilines is 2. The molecule has 0 saturated carbocycles. The third-order valence-electron chi connectivity index (χ3n) is 8.41. The summed E-state index contributed by atoms with van der Waals surface area (Å²) in [6.07, 6.45) is -2.62. The molecular formula is C30H35F4N5O5. The molecule has 4 heterocycles. The first-order valence-electron chi connectivity index (χ1n) is 14.3. The molecule has 2 fully saturated rings. The van der Waals surface area contributed by atoms with Crippen molar-refractivity contribution in [1.82, 2.24) is 14.8 Å². The van der Waals surface area contributed by atoms with Gasteiger partial charge in [-0.05, 0) is 51.9 Å². The van der Waals surface area contributed by atoms with Crippen LogP contribution in [0.25, 0.3) is 5.57 Å². The molecule has 2 amide bonds. The van der Waals surface area contributed by atoms with E-state index in [1.54, 1.807) is 13.0 Å². The van der Waals surface area contributed by atoms with Gasteiger partial charge in [0.25, 0.3) is 5.91 Å². The van der Waals surface area contributed by atoms with Crippen molar-refractivity contribution in [3.63, 3.8) is 0 Å². The number of likely N-dealkylation sites (N-methyl/N-ethyl adjacent to an activating group) is 1. The summed E-state index contributed by atoms with van der Waals surface area (Å²) in [6, 6.07) is 3.09. The largest absolute Gasteiger partial charge is 0.438 e. The van der Waals surface area contributed by atoms with Crippen molar-refractivity contribution in [3.8, 4) is 0 Å². The lowest BCUT2D eigenvalue weighted by Gasteiger charge is -2.44. The van der Waals surface area contributed by atoms with Gasteiger partial charge in [-0.25, -0.2) is 9.18 Å². The molecular weight excluding hydrogens is 586 g/mol. The van der Waals surface area contributed by atoms with Gasteiger partial charge in [0.15, 0.2) is 5.60 Å². The monoisotopic (exact) mass is 621 g/mol. The Kier molecular flexibility index (Phi) is 8.51. The van der Waals surface area contributed by atoms with E-state index < -0.39 is 46.3 Å². The van der Waals surface area contributed by atoms with Gasteiger partial charge in [0.2, 0.25) is 5.56 Å². The number of H-pyrrole nitrogens is 1. The van der Waals surface area contributed by atoms with Crippen molar-refractivity contribution >= 4 is 28.9 Å². The van der Waals surface area contributed by atoms with E-state index in [1.165, 1.54) is 17.0 Å². The second-order valence-corrected chi connectivity index (χ2v) is 11.9. The summed E-state index contributed by atoms with van der Waals surface area (Å²) in [5.41, 5.74) is -2.96. The first-order chi connectivity index (χ1) is 20.6. The summed E-state index contributed by atoms with van der Waals surface area (Å²) in [4.78, 5) is 45.5. The highest BCUT2D eigenvalue weighted by Gasteiger charge is 2.40. The lowest BCUT2D eigenvalue weighted by Crippen LogP contribution is -2.55. The zero-order valence-electron chi connectivity index (χ0n) is 24.9. The minimum atomic E-state index is -4.96. The Balaban J connectivity index is 1.50. The molecule has 2 aromatic rings. The Morgan fingerprint density at radius 2 is 1.82 bits per heavy atom. The number of alkyl halides is 3. The highest BCUT2D eigenvalue weighted by Crippen LogP contribution is 2.37. The van der Waals surface area contributed by atoms with E-state index in [9.17, 15) is 27.6 Å². The number of nitrogens with one attached hydrogen (secondary N) is 2. The van der Waals surface area contributed by atoms with Crippen LogP contribution < -0.4 is 15.8 Å². The topological polar surface area (TPSA) is 107 Å². The molecule has 2 atom stereocenters. The number of aromatic nitrogens is 1. The summed E-state index contributed by atoms with van der Waals surface area (Å²) in [6.45, 7) is 7.64. The summed E-state index contributed by atoms with van der Waals surface area (Å²) < 4.78 is 67.9. The number of piperazine rings is 1. The molecule has 10 nitrogen and oxygen atoms in total. The van der Waals surface area contributed by atoms with Crippen LogP contribution in [-0.2, 0) is 15.7 Å². The number of nitrogens with zero attached hydrogens (tertiary/aromatic N) is 3. The minimum Gasteiger partial charge on any atom is -0.438 e. The van der Waals surface area contributed by atoms with Crippen LogP contribution in [0.1, 0.15) is 48.7 Å². The van der Waals surface area contributed by atoms with E-state index in [1.807, 2.05) is 25.8 Å². The first kappa shape index (κ1) is 31.5. The minimum absolute atomic E-state index is 0.0279. The van der Waals surface area contributed by atoms with E-state index in [4.69, 9.17) is 9.47 Å². The number of aromatic amines is 1. The number of carbonyl (C=O) groups excluding carboxylic acids is 2. The summed E-state index contributed by atoms with van der Waals surface area (Å²) >= 11 is 0. The summed E-state index contributed by atoms with van der Waals surface area (Å²) in [5.74, 6) is -1.74. The normalized spacial score (nSPS) is 22.2. The Labute approximate surface area is 251 Å². The van der Waals surface area contributed by atoms with Gasteiger partial charge >= 0.3 is 12.3 Å². The summed E-state index contributed by atoms with van der Waals surface area (Å²) in [5, 5.41) is 2.55. The molecule has 5 rings (SSSR count). The number of benzene rings is 1. The fraction of sp³-hybridized carbons (Fsp3) is 0.500. The van der Waals surface area contributed by atoms with Crippen LogP contribution in [0.4, 0.5) is 33.7 Å². The quantitative estimate of drug-likeness (QED) is 0.479. The maximum atomic E-state index is 15.9. The number of amides is 2. The second-order valence-electron chi connectivity index (χ2n) is 11.9. The van der Waals surface area contributed by atoms with Crippen LogP contribution in [0, 0.1) is 5.82 Å². The third kappa shape index (κ3) is 6.46. The van der Waals surface area contributed by atoms with Crippen molar-refractivity contribution in [2.45, 2.75) is 51.1 Å². The average molecular weight is 622 g/mol. The SMILES string of the molecule is CC1CN(c2cc(F)c(C3=CCCN(C(=O)OC4(C)COC4)C3)cc2NC(=O)c2c[nH]c(=O)cc2C(F)(F)F)C[C@@H](C)N1C. The van der Waals surface area contributed by atoms with E-state index in [0.29, 0.717) is 49.6 Å². The van der Waals surface area contributed by atoms with Gasteiger partial charge < -0.3 is 29.6 Å². The van der Waals surface area contributed by atoms with Gasteiger partial charge in [-0.3, -0.25) is 14.5 Å². The number of carbonyl (C=O) groups is 2. The molecule has 44 heavy (non-hydrogen) atoms. The molecule has 1 aromatic heterocycles. The fourth-order valence-corrected chi connectivity index (χ4v) is 5.67. The zero-order valence-corrected chi connectivity index (χ0v) is 24.9. The first-order valence-corrected chi connectivity index (χ1v) is 14.3. The van der Waals surface area contributed by atoms with Crippen molar-refractivity contribution in [1.29, 1.82) is 0 Å². The van der Waals surface area contributed by atoms with Crippen molar-refractivity contribution in [2.75, 3.05) is 56.7 Å². The molecule has 2 N–H and O–H groups in total. The van der Waals surface area contributed by atoms with Crippen LogP contribution in [0.3, 0.4) is 0 Å². The van der Waals surface area contributed by atoms with Gasteiger partial charge in [-0.15, -0.1) is 0 Å². The highest BCUT2D eigenvalue weighted by atomic mass is 19.4. The molecule has 0 spiro atoms. The molecule has 3 aliphatic heterocycles. The number of halogens is 4. The molecule has 1 unspecified atom stereocenters. The predicted octanol–water partition coefficient (Wildman–Crippen LogP) is 4.33. The number of pyridine rings is 1. The number of hydrogen-bond acceptors (Lipinski definition) is 7. The lowest BCUT2D eigenvalue weighted by atomic mass is 9.98. The average Bonchev–Trinajstić information content (AvgIpc) is 2.95. The van der Waals surface area contributed by atoms with Gasteiger partial charge in [0.1, 0.15) is 5.82 Å². The van der Waals surface area contributed by atoms with Crippen LogP contribution in [0.5, 0.6) is 0 Å². The maximum absolute atomic E-state index is 15.9. The van der Waals surface area contributed by atoms with Crippen LogP contribution in [-0.4, -0.2) is 90.9 Å². The van der Waals surface area contributed by atoms with Gasteiger partial charge in [-0.1, -0.05) is 6.08 Å². The Morgan fingerprint density at radius 1 is 1.14 bits per heavy atom. The fourth-order valence-electron chi connectivity index (χ4n) is 5.67. The lowest BCUT2D eigenvalue weighted by molar-refractivity contribution is -0.171. The Bertz CT molecular complexity index is 1520. The molecule has 2 saturated heterocycles. The molecule has 0 radical (unpaired) electrons. The van der Waals surface area contributed by atoms with Crippen LogP contribution >= 0.6 is 0 Å². The maximum Gasteiger partial charge on any atom is 0.417 e. The van der Waals surface area contributed by atoms with E-state index in [-0.39, 0.29) is 43.1 Å². The highest BCUT2D eigenvalue weighted by molar-refractivity contribution is 6.07. The zero-order chi connectivity index (χ0) is 32.0. The molecule has 0 bridgehead atoms. The Morgan fingerprint density at radius 3 is 2.43 bits per heavy atom. The number of hydrogen-bond donors (Lipinski definition) is 2. The smallest absolute Gasteiger partial charge is 0.417 e. The molecule has 0 aliphatic carbocycles. The van der Waals surface area contributed by atoms with E-state index >= 15 is 4.39 Å². The predicted molar refractivity (Wildman–Crippen MR) is 155 cm³/mol. The standard InChI is InChI=1S/C30H35F4N5O5/c1-17-12-39(13-18(2)37(17)4)25-10-23(31)20(19-6-5-7-38(14-19)28(42)44-29(3)15-43-16-29)8-24(25)36-27(41)21-11-35-26(40)9-22(21)30(32,33)34/h6,8-11,17-18H,5,7,12-16H2,1-4H3,(H,35,40)(H,36,41)/t17-,18?/m1/s1. The Hall–Kier alpha value is -3.91. The van der Waals surface area contributed by atoms with Gasteiger partial charge in [0.05, 0.1) is 35.7 Å². The molecule has 1 aromatic carbocycles. The molecule has 238 valence electrons. The third-order valence-corrected chi connectivity index (χ3v) is 8.41. The van der Waals surface area contributed by atoms with Crippen molar-refractivity contribution in [2.24, 2.45) is 0 Å². The van der Waals surface area contributed by atoms with Gasteiger partial charge in [-0.2, -0.15) is 13.2 Å². The molecule has 3 aliphatic rings. The van der Waals surface area contributed by atoms with Gasteiger partial charge in [0, 0.05) is 56.1 Å². The number of rotatable bonds is 5. The van der Waals surface area contributed by atoms with Crippen LogP contribution in [0.15, 0.2) is 35.3 Å². The number of ether oxygens (including phenoxy) is 2. The van der Waals surface area contributed by atoms with Crippen molar-refractivity contribution < 1.29 is 36.6 Å². The van der Waals surface area contributed by atoms with E-state index in [0.717, 1.165) is 0 Å².